The van der Waals surface area contributed by atoms with Crippen molar-refractivity contribution < 1.29 is 4.79 Å². The fourth-order valence-corrected chi connectivity index (χ4v) is 1.91. The van der Waals surface area contributed by atoms with E-state index >= 15 is 0 Å². The summed E-state index contributed by atoms with van der Waals surface area (Å²) >= 11 is 2.13. The van der Waals surface area contributed by atoms with Crippen LogP contribution in [0.15, 0.2) is 6.20 Å². The normalized spacial score (nSPS) is 16.5. The van der Waals surface area contributed by atoms with Crippen molar-refractivity contribution in [2.75, 3.05) is 13.6 Å². The molecule has 0 saturated heterocycles. The van der Waals surface area contributed by atoms with E-state index in [-0.39, 0.29) is 5.91 Å². The molecule has 1 aliphatic heterocycles. The van der Waals surface area contributed by atoms with Crippen LogP contribution in [-0.2, 0) is 6.54 Å². The Hall–Kier alpha value is -0.590. The van der Waals surface area contributed by atoms with E-state index in [0.717, 1.165) is 22.4 Å². The number of likely N-dealkylation sites (N-methyl/N-ethyl adjacent to an activating group) is 1. The summed E-state index contributed by atoms with van der Waals surface area (Å²) in [6, 6.07) is 0. The van der Waals surface area contributed by atoms with Gasteiger partial charge in [-0.2, -0.15) is 5.10 Å². The quantitative estimate of drug-likeness (QED) is 0.650. The summed E-state index contributed by atoms with van der Waals surface area (Å²) < 4.78 is 2.70. The lowest BCUT2D eigenvalue weighted by molar-refractivity contribution is 0.0741. The van der Waals surface area contributed by atoms with Crippen LogP contribution in [-0.4, -0.2) is 34.2 Å². The number of nitrogens with zero attached hydrogens (tertiary/aromatic N) is 3. The molecule has 1 aromatic heterocycles. The van der Waals surface area contributed by atoms with Crippen LogP contribution in [0.3, 0.4) is 0 Å². The summed E-state index contributed by atoms with van der Waals surface area (Å²) in [5.41, 5.74) is 0.726. The largest absolute Gasteiger partial charge is 0.338 e. The van der Waals surface area contributed by atoms with E-state index in [1.165, 1.54) is 0 Å². The minimum absolute atomic E-state index is 0.0724. The van der Waals surface area contributed by atoms with Gasteiger partial charge in [-0.1, -0.05) is 0 Å². The molecule has 1 aromatic rings. The zero-order valence-electron chi connectivity index (χ0n) is 6.62. The van der Waals surface area contributed by atoms with Gasteiger partial charge in [-0.15, -0.1) is 0 Å². The second-order valence-electron chi connectivity index (χ2n) is 2.79. The zero-order valence-corrected chi connectivity index (χ0v) is 8.78. The van der Waals surface area contributed by atoms with Crippen LogP contribution >= 0.6 is 22.6 Å². The number of halogens is 1. The average molecular weight is 277 g/mol. The van der Waals surface area contributed by atoms with Crippen molar-refractivity contribution in [1.82, 2.24) is 14.7 Å². The summed E-state index contributed by atoms with van der Waals surface area (Å²) in [5.74, 6) is 0.0724. The third-order valence-electron chi connectivity index (χ3n) is 1.99. The molecule has 4 nitrogen and oxygen atoms in total. The Morgan fingerprint density at radius 3 is 3.08 bits per heavy atom. The lowest BCUT2D eigenvalue weighted by Crippen LogP contribution is -2.37. The molecule has 2 heterocycles. The van der Waals surface area contributed by atoms with E-state index in [9.17, 15) is 4.79 Å². The van der Waals surface area contributed by atoms with Crippen LogP contribution < -0.4 is 0 Å². The lowest BCUT2D eigenvalue weighted by Gasteiger charge is -2.23. The highest BCUT2D eigenvalue weighted by molar-refractivity contribution is 14.1. The fourth-order valence-electron chi connectivity index (χ4n) is 1.27. The maximum Gasteiger partial charge on any atom is 0.273 e. The van der Waals surface area contributed by atoms with E-state index in [1.54, 1.807) is 15.8 Å². The van der Waals surface area contributed by atoms with E-state index in [4.69, 9.17) is 0 Å². The van der Waals surface area contributed by atoms with Crippen molar-refractivity contribution in [2.45, 2.75) is 6.54 Å². The molecule has 1 aliphatic rings. The number of aromatic nitrogens is 2. The number of carbonyl (C=O) groups excluding carboxylic acids is 1. The van der Waals surface area contributed by atoms with Gasteiger partial charge in [-0.05, 0) is 22.6 Å². The first-order chi connectivity index (χ1) is 5.70. The minimum Gasteiger partial charge on any atom is -0.338 e. The van der Waals surface area contributed by atoms with Gasteiger partial charge < -0.3 is 4.90 Å². The number of amides is 1. The molecule has 12 heavy (non-hydrogen) atoms. The Balaban J connectivity index is 2.53. The Bertz CT molecular complexity index is 333. The van der Waals surface area contributed by atoms with Crippen molar-refractivity contribution in [1.29, 1.82) is 0 Å². The molecular weight excluding hydrogens is 269 g/mol. The predicted octanol–water partition coefficient (Wildman–Crippen LogP) is 0.573. The van der Waals surface area contributed by atoms with Gasteiger partial charge in [-0.25, -0.2) is 0 Å². The third kappa shape index (κ3) is 1.03. The van der Waals surface area contributed by atoms with E-state index in [2.05, 4.69) is 27.7 Å². The highest BCUT2D eigenvalue weighted by atomic mass is 127. The molecule has 0 aromatic carbocycles. The van der Waals surface area contributed by atoms with Crippen molar-refractivity contribution >= 4 is 28.5 Å². The molecule has 5 heteroatoms. The Morgan fingerprint density at radius 2 is 2.33 bits per heavy atom. The number of fused-ring (bicyclic) bond motifs is 1. The van der Waals surface area contributed by atoms with Crippen LogP contribution in [0, 0.1) is 3.57 Å². The van der Waals surface area contributed by atoms with Crippen LogP contribution in [0.2, 0.25) is 0 Å². The number of hydrogen-bond donors (Lipinski definition) is 0. The summed E-state index contributed by atoms with van der Waals surface area (Å²) in [7, 11) is 1.81. The summed E-state index contributed by atoms with van der Waals surface area (Å²) in [4.78, 5) is 13.3. The number of rotatable bonds is 0. The SMILES string of the molecule is CN1CCn2ncc(I)c2C1=O. The van der Waals surface area contributed by atoms with E-state index < -0.39 is 0 Å². The highest BCUT2D eigenvalue weighted by Gasteiger charge is 2.24. The van der Waals surface area contributed by atoms with Gasteiger partial charge in [0.15, 0.2) is 0 Å². The molecule has 1 amide bonds. The molecule has 0 fully saturated rings. The van der Waals surface area contributed by atoms with E-state index in [0.29, 0.717) is 0 Å². The Morgan fingerprint density at radius 1 is 1.58 bits per heavy atom. The Labute approximate surface area is 83.7 Å². The number of carbonyl (C=O) groups is 1. The van der Waals surface area contributed by atoms with Gasteiger partial charge in [0.05, 0.1) is 16.3 Å². The molecule has 0 saturated carbocycles. The van der Waals surface area contributed by atoms with Gasteiger partial charge in [0, 0.05) is 13.6 Å². The Kier molecular flexibility index (Phi) is 1.82. The van der Waals surface area contributed by atoms with Crippen molar-refractivity contribution in [3.05, 3.63) is 15.5 Å². The maximum atomic E-state index is 11.6. The van der Waals surface area contributed by atoms with Gasteiger partial charge in [0.1, 0.15) is 5.69 Å². The van der Waals surface area contributed by atoms with Gasteiger partial charge in [0.25, 0.3) is 5.91 Å². The molecule has 0 atom stereocenters. The first-order valence-electron chi connectivity index (χ1n) is 3.67. The molecule has 2 rings (SSSR count). The van der Waals surface area contributed by atoms with E-state index in [1.807, 2.05) is 7.05 Å². The van der Waals surface area contributed by atoms with Gasteiger partial charge in [0.2, 0.25) is 0 Å². The first-order valence-corrected chi connectivity index (χ1v) is 4.75. The summed E-state index contributed by atoms with van der Waals surface area (Å²) in [6.07, 6.45) is 1.73. The molecule has 0 bridgehead atoms. The van der Waals surface area contributed by atoms with Crippen molar-refractivity contribution in [3.8, 4) is 0 Å². The van der Waals surface area contributed by atoms with Gasteiger partial charge >= 0.3 is 0 Å². The summed E-state index contributed by atoms with van der Waals surface area (Å²) in [6.45, 7) is 1.56. The molecule has 0 aliphatic carbocycles. The molecule has 0 spiro atoms. The lowest BCUT2D eigenvalue weighted by atomic mass is 10.3. The molecular formula is C7H8IN3O. The monoisotopic (exact) mass is 277 g/mol. The maximum absolute atomic E-state index is 11.6. The standard InChI is InChI=1S/C7H8IN3O/c1-10-2-3-11-6(7(10)12)5(8)4-9-11/h4H,2-3H2,1H3. The van der Waals surface area contributed by atoms with Crippen LogP contribution in [0.25, 0.3) is 0 Å². The van der Waals surface area contributed by atoms with Gasteiger partial charge in [-0.3, -0.25) is 9.48 Å². The number of hydrogen-bond acceptors (Lipinski definition) is 2. The molecule has 0 unspecified atom stereocenters. The van der Waals surface area contributed by atoms with Crippen molar-refractivity contribution in [3.63, 3.8) is 0 Å². The van der Waals surface area contributed by atoms with Crippen LogP contribution in [0.4, 0.5) is 0 Å². The second-order valence-corrected chi connectivity index (χ2v) is 3.95. The van der Waals surface area contributed by atoms with Crippen molar-refractivity contribution in [2.24, 2.45) is 0 Å². The predicted molar refractivity (Wildman–Crippen MR) is 51.9 cm³/mol. The molecule has 0 radical (unpaired) electrons. The zero-order chi connectivity index (χ0) is 8.72. The third-order valence-corrected chi connectivity index (χ3v) is 2.78. The summed E-state index contributed by atoms with van der Waals surface area (Å²) in [5, 5.41) is 4.10. The highest BCUT2D eigenvalue weighted by Crippen LogP contribution is 2.16. The fraction of sp³-hybridized carbons (Fsp3) is 0.429. The first kappa shape index (κ1) is 8.03. The smallest absolute Gasteiger partial charge is 0.273 e. The van der Waals surface area contributed by atoms with Crippen LogP contribution in [0.5, 0.6) is 0 Å². The molecule has 64 valence electrons. The molecule has 0 N–H and O–H groups in total. The van der Waals surface area contributed by atoms with Crippen LogP contribution in [0.1, 0.15) is 10.5 Å². The average Bonchev–Trinajstić information content (AvgIpc) is 2.41. The topological polar surface area (TPSA) is 38.1 Å². The second kappa shape index (κ2) is 2.72. The minimum atomic E-state index is 0.0724.